The van der Waals surface area contributed by atoms with Crippen LogP contribution < -0.4 is 14.8 Å². The summed E-state index contributed by atoms with van der Waals surface area (Å²) in [6, 6.07) is 4.78. The number of hydrogen-bond donors (Lipinski definition) is 1. The van der Waals surface area contributed by atoms with Crippen LogP contribution in [-0.4, -0.2) is 52.1 Å². The normalized spacial score (nSPS) is 22.2. The van der Waals surface area contributed by atoms with E-state index in [4.69, 9.17) is 9.47 Å². The second-order valence-corrected chi connectivity index (χ2v) is 6.97. The number of hydrogen-bond acceptors (Lipinski definition) is 5. The van der Waals surface area contributed by atoms with Gasteiger partial charge in [-0.15, -0.1) is 0 Å². The number of rotatable bonds is 3. The Morgan fingerprint density at radius 1 is 1.25 bits per heavy atom. The second kappa shape index (κ2) is 5.23. The molecule has 7 heteroatoms. The summed E-state index contributed by atoms with van der Waals surface area (Å²) in [4.78, 5) is 0.246. The van der Waals surface area contributed by atoms with E-state index in [1.807, 2.05) is 0 Å². The summed E-state index contributed by atoms with van der Waals surface area (Å²) < 4.78 is 37.5. The van der Waals surface area contributed by atoms with Crippen molar-refractivity contribution in [2.24, 2.45) is 0 Å². The highest BCUT2D eigenvalue weighted by Crippen LogP contribution is 2.33. The van der Waals surface area contributed by atoms with Crippen molar-refractivity contribution >= 4 is 10.0 Å². The molecule has 3 rings (SSSR count). The summed E-state index contributed by atoms with van der Waals surface area (Å²) >= 11 is 0. The summed E-state index contributed by atoms with van der Waals surface area (Å²) in [6.45, 7) is 2.48. The van der Waals surface area contributed by atoms with Crippen LogP contribution in [0.1, 0.15) is 6.42 Å². The highest BCUT2D eigenvalue weighted by molar-refractivity contribution is 7.89. The molecular formula is C13H18N2O4S. The summed E-state index contributed by atoms with van der Waals surface area (Å²) in [5.41, 5.74) is 0. The fourth-order valence-electron chi connectivity index (χ4n) is 2.50. The van der Waals surface area contributed by atoms with Gasteiger partial charge in [-0.05, 0) is 25.1 Å². The van der Waals surface area contributed by atoms with Gasteiger partial charge in [-0.2, -0.15) is 4.31 Å². The van der Waals surface area contributed by atoms with Gasteiger partial charge in [-0.3, -0.25) is 0 Å². The molecule has 2 aliphatic heterocycles. The maximum atomic E-state index is 12.6. The molecule has 1 aromatic rings. The fraction of sp³-hybridized carbons (Fsp3) is 0.538. The summed E-state index contributed by atoms with van der Waals surface area (Å²) in [7, 11) is -1.87. The van der Waals surface area contributed by atoms with Crippen molar-refractivity contribution in [3.05, 3.63) is 18.2 Å². The van der Waals surface area contributed by atoms with Crippen molar-refractivity contribution in [2.45, 2.75) is 17.4 Å². The van der Waals surface area contributed by atoms with Crippen molar-refractivity contribution in [1.82, 2.24) is 9.62 Å². The van der Waals surface area contributed by atoms with Crippen LogP contribution in [0.5, 0.6) is 11.5 Å². The first-order valence-corrected chi connectivity index (χ1v) is 8.11. The zero-order valence-corrected chi connectivity index (χ0v) is 12.1. The van der Waals surface area contributed by atoms with Crippen LogP contribution in [0.15, 0.2) is 23.1 Å². The van der Waals surface area contributed by atoms with Gasteiger partial charge in [-0.1, -0.05) is 0 Å². The lowest BCUT2D eigenvalue weighted by Gasteiger charge is -2.24. The number of fused-ring (bicyclic) bond motifs is 1. The average Bonchev–Trinajstić information content (AvgIpc) is 3.00. The standard InChI is InChI=1S/C13H18N2O4S/c1-15(10-4-5-14-9-10)20(16,17)11-2-3-12-13(8-11)19-7-6-18-12/h2-3,8,10,14H,4-7,9H2,1H3. The Kier molecular flexibility index (Phi) is 3.57. The highest BCUT2D eigenvalue weighted by Gasteiger charge is 2.30. The first-order valence-electron chi connectivity index (χ1n) is 6.67. The molecule has 1 N–H and O–H groups in total. The number of ether oxygens (including phenoxy) is 2. The lowest BCUT2D eigenvalue weighted by atomic mass is 10.3. The number of nitrogens with zero attached hydrogens (tertiary/aromatic N) is 1. The van der Waals surface area contributed by atoms with E-state index >= 15 is 0 Å². The van der Waals surface area contributed by atoms with E-state index < -0.39 is 10.0 Å². The van der Waals surface area contributed by atoms with Gasteiger partial charge in [0.1, 0.15) is 13.2 Å². The third kappa shape index (κ3) is 2.36. The first kappa shape index (κ1) is 13.7. The van der Waals surface area contributed by atoms with Crippen LogP contribution in [0.2, 0.25) is 0 Å². The van der Waals surface area contributed by atoms with Crippen LogP contribution in [-0.2, 0) is 10.0 Å². The minimum atomic E-state index is -3.50. The van der Waals surface area contributed by atoms with Crippen LogP contribution in [0.4, 0.5) is 0 Å². The van der Waals surface area contributed by atoms with Crippen molar-refractivity contribution in [3.63, 3.8) is 0 Å². The van der Waals surface area contributed by atoms with Gasteiger partial charge in [0, 0.05) is 25.7 Å². The van der Waals surface area contributed by atoms with E-state index in [-0.39, 0.29) is 10.9 Å². The molecule has 6 nitrogen and oxygen atoms in total. The maximum absolute atomic E-state index is 12.6. The molecule has 1 fully saturated rings. The molecule has 0 radical (unpaired) electrons. The van der Waals surface area contributed by atoms with Crippen molar-refractivity contribution in [3.8, 4) is 11.5 Å². The Morgan fingerprint density at radius 3 is 2.70 bits per heavy atom. The average molecular weight is 298 g/mol. The quantitative estimate of drug-likeness (QED) is 0.877. The van der Waals surface area contributed by atoms with E-state index in [2.05, 4.69) is 5.32 Å². The molecule has 0 amide bonds. The Labute approximate surface area is 118 Å². The monoisotopic (exact) mass is 298 g/mol. The summed E-state index contributed by atoms with van der Waals surface area (Å²) in [6.07, 6.45) is 0.834. The van der Waals surface area contributed by atoms with Crippen LogP contribution in [0.25, 0.3) is 0 Å². The van der Waals surface area contributed by atoms with Crippen molar-refractivity contribution < 1.29 is 17.9 Å². The van der Waals surface area contributed by atoms with E-state index in [1.165, 1.54) is 4.31 Å². The Balaban J connectivity index is 1.90. The predicted molar refractivity (Wildman–Crippen MR) is 73.7 cm³/mol. The number of likely N-dealkylation sites (N-methyl/N-ethyl adjacent to an activating group) is 1. The molecule has 0 bridgehead atoms. The van der Waals surface area contributed by atoms with E-state index in [9.17, 15) is 8.42 Å². The molecule has 1 atom stereocenters. The van der Waals surface area contributed by atoms with Crippen molar-refractivity contribution in [1.29, 1.82) is 0 Å². The molecule has 0 spiro atoms. The van der Waals surface area contributed by atoms with Gasteiger partial charge in [-0.25, -0.2) is 8.42 Å². The van der Waals surface area contributed by atoms with Crippen LogP contribution in [0.3, 0.4) is 0 Å². The lowest BCUT2D eigenvalue weighted by molar-refractivity contribution is 0.171. The lowest BCUT2D eigenvalue weighted by Crippen LogP contribution is -2.38. The molecule has 2 heterocycles. The van der Waals surface area contributed by atoms with E-state index in [0.717, 1.165) is 13.0 Å². The molecule has 20 heavy (non-hydrogen) atoms. The summed E-state index contributed by atoms with van der Waals surface area (Å²) in [5.74, 6) is 1.09. The minimum Gasteiger partial charge on any atom is -0.486 e. The van der Waals surface area contributed by atoms with Crippen LogP contribution >= 0.6 is 0 Å². The molecule has 0 saturated carbocycles. The van der Waals surface area contributed by atoms with Crippen LogP contribution in [0, 0.1) is 0 Å². The molecule has 1 unspecified atom stereocenters. The number of sulfonamides is 1. The van der Waals surface area contributed by atoms with Gasteiger partial charge >= 0.3 is 0 Å². The van der Waals surface area contributed by atoms with Gasteiger partial charge in [0.05, 0.1) is 4.90 Å². The fourth-order valence-corrected chi connectivity index (χ4v) is 3.90. The molecule has 110 valence electrons. The van der Waals surface area contributed by atoms with Crippen molar-refractivity contribution in [2.75, 3.05) is 33.4 Å². The zero-order chi connectivity index (χ0) is 14.2. The molecule has 1 aromatic carbocycles. The molecule has 2 aliphatic rings. The third-order valence-corrected chi connectivity index (χ3v) is 5.65. The maximum Gasteiger partial charge on any atom is 0.243 e. The Hall–Kier alpha value is -1.31. The first-order chi connectivity index (χ1) is 9.59. The minimum absolute atomic E-state index is 0.00759. The second-order valence-electron chi connectivity index (χ2n) is 4.97. The number of benzene rings is 1. The molecule has 1 saturated heterocycles. The topological polar surface area (TPSA) is 67.9 Å². The smallest absolute Gasteiger partial charge is 0.243 e. The van der Waals surface area contributed by atoms with E-state index in [1.54, 1.807) is 25.2 Å². The van der Waals surface area contributed by atoms with E-state index in [0.29, 0.717) is 31.3 Å². The SMILES string of the molecule is CN(C1CCNC1)S(=O)(=O)c1ccc2c(c1)OCCO2. The predicted octanol–water partition coefficient (Wildman–Crippen LogP) is 0.440. The van der Waals surface area contributed by atoms with Gasteiger partial charge in [0.2, 0.25) is 10.0 Å². The van der Waals surface area contributed by atoms with Gasteiger partial charge < -0.3 is 14.8 Å². The highest BCUT2D eigenvalue weighted by atomic mass is 32.2. The number of nitrogens with one attached hydrogen (secondary N) is 1. The van der Waals surface area contributed by atoms with Gasteiger partial charge in [0.15, 0.2) is 11.5 Å². The largest absolute Gasteiger partial charge is 0.486 e. The molecule has 0 aromatic heterocycles. The summed E-state index contributed by atoms with van der Waals surface area (Å²) in [5, 5.41) is 3.18. The molecule has 0 aliphatic carbocycles. The Morgan fingerprint density at radius 2 is 2.00 bits per heavy atom. The van der Waals surface area contributed by atoms with Gasteiger partial charge in [0.25, 0.3) is 0 Å². The molecular weight excluding hydrogens is 280 g/mol. The Bertz CT molecular complexity index is 596. The third-order valence-electron chi connectivity index (χ3n) is 3.74. The zero-order valence-electron chi connectivity index (χ0n) is 11.3.